The van der Waals surface area contributed by atoms with E-state index in [2.05, 4.69) is 9.97 Å². The molecule has 1 aromatic carbocycles. The van der Waals surface area contributed by atoms with Crippen molar-refractivity contribution < 1.29 is 19.1 Å². The molecule has 0 saturated heterocycles. The molecule has 0 aliphatic carbocycles. The predicted molar refractivity (Wildman–Crippen MR) is 110 cm³/mol. The number of carbonyl (C=O) groups is 2. The minimum absolute atomic E-state index is 0.0257. The van der Waals surface area contributed by atoms with E-state index in [0.29, 0.717) is 21.1 Å². The minimum atomic E-state index is -0.854. The van der Waals surface area contributed by atoms with Crippen LogP contribution in [0.15, 0.2) is 60.1 Å². The second-order valence-electron chi connectivity index (χ2n) is 6.99. The first-order valence-electron chi connectivity index (χ1n) is 9.24. The lowest BCUT2D eigenvalue weighted by atomic mass is 9.95. The molecule has 1 N–H and O–H groups in total. The second kappa shape index (κ2) is 7.79. The number of benzene rings is 1. The topological polar surface area (TPSA) is 83.4 Å². The number of aryl methyl sites for hydroxylation is 2. The molecule has 0 bridgehead atoms. The normalized spacial score (nSPS) is 16.4. The maximum absolute atomic E-state index is 13.5. The van der Waals surface area contributed by atoms with Gasteiger partial charge in [0.05, 0.1) is 27.2 Å². The molecule has 1 atom stereocenters. The Labute approximate surface area is 176 Å². The number of aromatic nitrogens is 2. The van der Waals surface area contributed by atoms with Crippen molar-refractivity contribution in [3.8, 4) is 0 Å². The highest BCUT2D eigenvalue weighted by atomic mass is 32.1. The van der Waals surface area contributed by atoms with Crippen LogP contribution in [-0.4, -0.2) is 31.7 Å². The van der Waals surface area contributed by atoms with E-state index in [0.717, 1.165) is 5.56 Å². The molecule has 30 heavy (non-hydrogen) atoms. The number of amides is 1. The summed E-state index contributed by atoms with van der Waals surface area (Å²) in [5.41, 5.74) is 1.78. The van der Waals surface area contributed by atoms with Gasteiger partial charge in [0.1, 0.15) is 5.82 Å². The second-order valence-corrected chi connectivity index (χ2v) is 8.19. The molecular weight excluding hydrogens is 405 g/mol. The summed E-state index contributed by atoms with van der Waals surface area (Å²) in [5, 5.41) is 11.4. The fourth-order valence-corrected chi connectivity index (χ4v) is 4.47. The molecule has 1 amide bonds. The van der Waals surface area contributed by atoms with Crippen molar-refractivity contribution in [2.75, 3.05) is 0 Å². The Balaban J connectivity index is 1.81. The number of Topliss-reactive ketones (excluding diaryl/α,β-unsaturated/α-hetero) is 1. The molecule has 0 spiro atoms. The van der Waals surface area contributed by atoms with Gasteiger partial charge in [-0.3, -0.25) is 14.6 Å². The highest BCUT2D eigenvalue weighted by molar-refractivity contribution is 7.14. The molecule has 8 heteroatoms. The van der Waals surface area contributed by atoms with Gasteiger partial charge in [-0.25, -0.2) is 9.37 Å². The van der Waals surface area contributed by atoms with Gasteiger partial charge in [0.15, 0.2) is 5.76 Å². The van der Waals surface area contributed by atoms with Crippen LogP contribution >= 0.6 is 11.3 Å². The van der Waals surface area contributed by atoms with Crippen molar-refractivity contribution in [1.29, 1.82) is 0 Å². The average molecular weight is 423 g/mol. The van der Waals surface area contributed by atoms with E-state index in [1.807, 2.05) is 0 Å². The largest absolute Gasteiger partial charge is 0.503 e. The molecule has 1 aliphatic heterocycles. The number of nitrogens with zero attached hydrogens (tertiary/aromatic N) is 3. The van der Waals surface area contributed by atoms with E-state index >= 15 is 0 Å². The number of hydrogen-bond donors (Lipinski definition) is 1. The summed E-state index contributed by atoms with van der Waals surface area (Å²) in [6, 6.07) is 8.25. The summed E-state index contributed by atoms with van der Waals surface area (Å²) in [7, 11) is 0. The van der Waals surface area contributed by atoms with Gasteiger partial charge in [0, 0.05) is 18.9 Å². The Bertz CT molecular complexity index is 1160. The van der Waals surface area contributed by atoms with E-state index in [4.69, 9.17) is 0 Å². The Kier molecular flexibility index (Phi) is 5.17. The van der Waals surface area contributed by atoms with Gasteiger partial charge in [-0.2, -0.15) is 0 Å². The third-order valence-corrected chi connectivity index (χ3v) is 5.99. The molecule has 152 valence electrons. The van der Waals surface area contributed by atoms with Gasteiger partial charge in [0.2, 0.25) is 5.78 Å². The van der Waals surface area contributed by atoms with E-state index in [-0.39, 0.29) is 12.1 Å². The molecule has 0 fully saturated rings. The van der Waals surface area contributed by atoms with Crippen LogP contribution in [0.2, 0.25) is 0 Å². The van der Waals surface area contributed by atoms with Crippen LogP contribution in [-0.2, 0) is 11.3 Å². The summed E-state index contributed by atoms with van der Waals surface area (Å²) in [5.74, 6) is -2.14. The van der Waals surface area contributed by atoms with Crippen molar-refractivity contribution in [3.63, 3.8) is 0 Å². The van der Waals surface area contributed by atoms with Crippen molar-refractivity contribution in [2.24, 2.45) is 0 Å². The van der Waals surface area contributed by atoms with Crippen LogP contribution in [0, 0.1) is 19.7 Å². The molecule has 6 nitrogen and oxygen atoms in total. The summed E-state index contributed by atoms with van der Waals surface area (Å²) in [4.78, 5) is 36.4. The summed E-state index contributed by atoms with van der Waals surface area (Å²) in [6.45, 7) is 3.64. The van der Waals surface area contributed by atoms with Gasteiger partial charge in [-0.05, 0) is 43.2 Å². The molecule has 3 heterocycles. The maximum atomic E-state index is 13.5. The lowest BCUT2D eigenvalue weighted by molar-refractivity contribution is -0.130. The highest BCUT2D eigenvalue weighted by Crippen LogP contribution is 2.40. The van der Waals surface area contributed by atoms with Crippen molar-refractivity contribution >= 4 is 23.0 Å². The molecule has 2 aromatic heterocycles. The summed E-state index contributed by atoms with van der Waals surface area (Å²) in [6.07, 6.45) is 3.23. The first-order valence-corrected chi connectivity index (χ1v) is 10.1. The number of pyridine rings is 1. The van der Waals surface area contributed by atoms with Crippen LogP contribution in [0.3, 0.4) is 0 Å². The molecule has 0 radical (unpaired) electrons. The monoisotopic (exact) mass is 423 g/mol. The fourth-order valence-electron chi connectivity index (χ4n) is 3.59. The SMILES string of the molecule is Cc1nc(C)c(C(=O)C2=C(O)C(=O)N(Cc3cccnc3)[C@@H]2c2ccc(F)cc2)s1. The van der Waals surface area contributed by atoms with Gasteiger partial charge in [0.25, 0.3) is 5.91 Å². The predicted octanol–water partition coefficient (Wildman–Crippen LogP) is 4.07. The first-order chi connectivity index (χ1) is 14.4. The molecule has 1 aliphatic rings. The maximum Gasteiger partial charge on any atom is 0.290 e. The number of rotatable bonds is 5. The Morgan fingerprint density at radius 1 is 1.23 bits per heavy atom. The van der Waals surface area contributed by atoms with Crippen LogP contribution in [0.25, 0.3) is 0 Å². The molecule has 0 unspecified atom stereocenters. The zero-order valence-electron chi connectivity index (χ0n) is 16.3. The average Bonchev–Trinajstić information content (AvgIpc) is 3.20. The highest BCUT2D eigenvalue weighted by Gasteiger charge is 2.44. The van der Waals surface area contributed by atoms with Crippen LogP contribution in [0.5, 0.6) is 0 Å². The molecule has 4 rings (SSSR count). The van der Waals surface area contributed by atoms with Crippen molar-refractivity contribution in [1.82, 2.24) is 14.9 Å². The van der Waals surface area contributed by atoms with E-state index < -0.39 is 29.3 Å². The van der Waals surface area contributed by atoms with Gasteiger partial charge < -0.3 is 10.0 Å². The third kappa shape index (κ3) is 3.50. The van der Waals surface area contributed by atoms with E-state index in [1.165, 1.54) is 40.5 Å². The number of hydrogen-bond acceptors (Lipinski definition) is 6. The van der Waals surface area contributed by atoms with E-state index in [1.54, 1.807) is 38.4 Å². The standard InChI is InChI=1S/C22H18FN3O3S/c1-12-21(30-13(2)25-12)19(27)17-18(15-5-7-16(23)8-6-15)26(22(29)20(17)28)11-14-4-3-9-24-10-14/h3-10,18,28H,11H2,1-2H3/t18-/m1/s1. The zero-order valence-corrected chi connectivity index (χ0v) is 17.1. The number of halogens is 1. The van der Waals surface area contributed by atoms with Crippen molar-refractivity contribution in [2.45, 2.75) is 26.4 Å². The van der Waals surface area contributed by atoms with Crippen LogP contribution < -0.4 is 0 Å². The van der Waals surface area contributed by atoms with Gasteiger partial charge >= 0.3 is 0 Å². The Morgan fingerprint density at radius 2 is 1.97 bits per heavy atom. The lowest BCUT2D eigenvalue weighted by Crippen LogP contribution is -2.30. The lowest BCUT2D eigenvalue weighted by Gasteiger charge is -2.26. The zero-order chi connectivity index (χ0) is 21.4. The molecular formula is C22H18FN3O3S. The van der Waals surface area contributed by atoms with Gasteiger partial charge in [-0.15, -0.1) is 11.3 Å². The fraction of sp³-hybridized carbons (Fsp3) is 0.182. The summed E-state index contributed by atoms with van der Waals surface area (Å²) < 4.78 is 13.5. The number of thiazole rings is 1. The summed E-state index contributed by atoms with van der Waals surface area (Å²) >= 11 is 1.21. The van der Waals surface area contributed by atoms with E-state index in [9.17, 15) is 19.1 Å². The molecule has 0 saturated carbocycles. The number of carbonyl (C=O) groups excluding carboxylic acids is 2. The Morgan fingerprint density at radius 3 is 2.57 bits per heavy atom. The molecule has 3 aromatic rings. The van der Waals surface area contributed by atoms with Gasteiger partial charge in [-0.1, -0.05) is 18.2 Å². The van der Waals surface area contributed by atoms with Crippen molar-refractivity contribution in [3.05, 3.63) is 92.6 Å². The minimum Gasteiger partial charge on any atom is -0.503 e. The van der Waals surface area contributed by atoms with Crippen LogP contribution in [0.1, 0.15) is 37.5 Å². The smallest absolute Gasteiger partial charge is 0.290 e. The first kappa shape index (κ1) is 19.9. The Hall–Kier alpha value is -3.39. The number of aliphatic hydroxyl groups excluding tert-OH is 1. The quantitative estimate of drug-likeness (QED) is 0.626. The van der Waals surface area contributed by atoms with Crippen LogP contribution in [0.4, 0.5) is 4.39 Å². The number of aliphatic hydroxyl groups is 1. The third-order valence-electron chi connectivity index (χ3n) is 4.92. The number of ketones is 1.